The van der Waals surface area contributed by atoms with Crippen LogP contribution in [0.15, 0.2) is 48.2 Å². The first-order valence-electron chi connectivity index (χ1n) is 10.4. The highest BCUT2D eigenvalue weighted by Crippen LogP contribution is 2.39. The van der Waals surface area contributed by atoms with Gasteiger partial charge in [-0.15, -0.1) is 11.6 Å². The zero-order valence-electron chi connectivity index (χ0n) is 17.9. The molecular formula is C24H28Cl2N2O3. The molecule has 0 radical (unpaired) electrons. The minimum Gasteiger partial charge on any atom is -0.494 e. The van der Waals surface area contributed by atoms with Crippen molar-refractivity contribution in [1.29, 1.82) is 0 Å². The number of benzene rings is 2. The molecule has 2 N–H and O–H groups in total. The summed E-state index contributed by atoms with van der Waals surface area (Å²) in [4.78, 5) is 14.4. The van der Waals surface area contributed by atoms with Crippen LogP contribution in [0.5, 0.6) is 5.75 Å². The lowest BCUT2D eigenvalue weighted by Gasteiger charge is -2.37. The van der Waals surface area contributed by atoms with Gasteiger partial charge in [-0.25, -0.2) is 4.79 Å². The summed E-state index contributed by atoms with van der Waals surface area (Å²) in [6.07, 6.45) is 1.03. The highest BCUT2D eigenvalue weighted by atomic mass is 35.5. The summed E-state index contributed by atoms with van der Waals surface area (Å²) in [7, 11) is 0. The topological polar surface area (TPSA) is 64.8 Å². The van der Waals surface area contributed by atoms with Gasteiger partial charge in [0.25, 0.3) is 0 Å². The molecule has 0 aromatic heterocycles. The van der Waals surface area contributed by atoms with Gasteiger partial charge in [0.05, 0.1) is 13.2 Å². The third kappa shape index (κ3) is 5.46. The van der Waals surface area contributed by atoms with Crippen LogP contribution in [-0.4, -0.2) is 36.6 Å². The van der Waals surface area contributed by atoms with Crippen molar-refractivity contribution in [3.05, 3.63) is 69.9 Å². The normalized spacial score (nSPS) is 16.4. The first-order chi connectivity index (χ1) is 15.0. The van der Waals surface area contributed by atoms with E-state index in [1.807, 2.05) is 49.4 Å². The van der Waals surface area contributed by atoms with E-state index in [1.54, 1.807) is 11.8 Å². The van der Waals surface area contributed by atoms with Gasteiger partial charge in [-0.2, -0.15) is 0 Å². The Morgan fingerprint density at radius 2 is 1.97 bits per heavy atom. The first kappa shape index (κ1) is 23.3. The average molecular weight is 463 g/mol. The molecule has 31 heavy (non-hydrogen) atoms. The van der Waals surface area contributed by atoms with Crippen LogP contribution in [0.2, 0.25) is 5.02 Å². The molecule has 7 heteroatoms. The van der Waals surface area contributed by atoms with Crippen LogP contribution in [0.25, 0.3) is 5.57 Å². The van der Waals surface area contributed by atoms with Gasteiger partial charge in [0.2, 0.25) is 0 Å². The van der Waals surface area contributed by atoms with Crippen molar-refractivity contribution in [2.75, 3.05) is 25.6 Å². The Morgan fingerprint density at radius 3 is 2.65 bits per heavy atom. The molecule has 2 aromatic rings. The molecule has 2 aromatic carbocycles. The number of nitrogens with two attached hydrogens (primary N) is 1. The second-order valence-corrected chi connectivity index (χ2v) is 8.21. The zero-order chi connectivity index (χ0) is 22.4. The van der Waals surface area contributed by atoms with Crippen molar-refractivity contribution in [1.82, 2.24) is 4.90 Å². The van der Waals surface area contributed by atoms with Crippen molar-refractivity contribution in [2.45, 2.75) is 32.7 Å². The summed E-state index contributed by atoms with van der Waals surface area (Å²) < 4.78 is 11.0. The van der Waals surface area contributed by atoms with Crippen LogP contribution in [0.4, 0.5) is 4.79 Å². The van der Waals surface area contributed by atoms with Gasteiger partial charge >= 0.3 is 6.09 Å². The molecule has 1 unspecified atom stereocenters. The van der Waals surface area contributed by atoms with Gasteiger partial charge < -0.3 is 15.2 Å². The molecule has 166 valence electrons. The molecule has 1 heterocycles. The number of rotatable bonds is 7. The van der Waals surface area contributed by atoms with E-state index in [1.165, 1.54) is 0 Å². The number of carbonyl (C=O) groups excluding carboxylic acids is 1. The van der Waals surface area contributed by atoms with Crippen molar-refractivity contribution in [3.63, 3.8) is 0 Å². The smallest absolute Gasteiger partial charge is 0.410 e. The minimum absolute atomic E-state index is 0.305. The zero-order valence-corrected chi connectivity index (χ0v) is 19.4. The lowest BCUT2D eigenvalue weighted by atomic mass is 9.88. The largest absolute Gasteiger partial charge is 0.494 e. The van der Waals surface area contributed by atoms with E-state index in [4.69, 9.17) is 38.4 Å². The van der Waals surface area contributed by atoms with Crippen LogP contribution in [0, 0.1) is 6.92 Å². The number of ether oxygens (including phenoxy) is 2. The van der Waals surface area contributed by atoms with E-state index >= 15 is 0 Å². The van der Waals surface area contributed by atoms with E-state index in [0.717, 1.165) is 34.4 Å². The Labute approximate surface area is 193 Å². The van der Waals surface area contributed by atoms with E-state index in [2.05, 4.69) is 0 Å². The fraction of sp³-hybridized carbons (Fsp3) is 0.375. The molecule has 3 rings (SSSR count). The Hall–Kier alpha value is -2.37. The molecular weight excluding hydrogens is 435 g/mol. The molecule has 5 nitrogen and oxygen atoms in total. The van der Waals surface area contributed by atoms with Crippen LogP contribution in [-0.2, 0) is 4.74 Å². The third-order valence-electron chi connectivity index (χ3n) is 5.33. The number of carbonyl (C=O) groups is 1. The van der Waals surface area contributed by atoms with Crippen molar-refractivity contribution >= 4 is 34.9 Å². The maximum absolute atomic E-state index is 12.7. The molecule has 1 aliphatic heterocycles. The van der Waals surface area contributed by atoms with E-state index in [9.17, 15) is 4.79 Å². The number of hydrogen-bond acceptors (Lipinski definition) is 4. The lowest BCUT2D eigenvalue weighted by molar-refractivity contribution is 0.0944. The number of hydrogen-bond donors (Lipinski definition) is 1. The highest BCUT2D eigenvalue weighted by Gasteiger charge is 2.34. The molecule has 0 saturated heterocycles. The Morgan fingerprint density at radius 1 is 1.23 bits per heavy atom. The SMILES string of the molecule is CCOC(=O)N1CCC(c2cc(Cl)ccc2C)=C(N)C1c1ccc(OCCCCl)cc1. The van der Waals surface area contributed by atoms with E-state index in [0.29, 0.717) is 42.8 Å². The Bertz CT molecular complexity index is 944. The lowest BCUT2D eigenvalue weighted by Crippen LogP contribution is -2.42. The molecule has 0 aliphatic carbocycles. The number of halogens is 2. The fourth-order valence-electron chi connectivity index (χ4n) is 3.80. The fourth-order valence-corrected chi connectivity index (χ4v) is 4.08. The third-order valence-corrected chi connectivity index (χ3v) is 5.83. The summed E-state index contributed by atoms with van der Waals surface area (Å²) in [5.74, 6) is 1.31. The number of aryl methyl sites for hydroxylation is 1. The average Bonchev–Trinajstić information content (AvgIpc) is 2.76. The number of alkyl halides is 1. The van der Waals surface area contributed by atoms with E-state index < -0.39 is 6.04 Å². The molecule has 0 bridgehead atoms. The molecule has 1 aliphatic rings. The monoisotopic (exact) mass is 462 g/mol. The predicted molar refractivity (Wildman–Crippen MR) is 126 cm³/mol. The van der Waals surface area contributed by atoms with Crippen LogP contribution >= 0.6 is 23.2 Å². The van der Waals surface area contributed by atoms with Gasteiger partial charge in [-0.05, 0) is 73.2 Å². The minimum atomic E-state index is -0.432. The molecule has 1 atom stereocenters. The van der Waals surface area contributed by atoms with Gasteiger partial charge in [0, 0.05) is 23.1 Å². The predicted octanol–water partition coefficient (Wildman–Crippen LogP) is 5.93. The summed E-state index contributed by atoms with van der Waals surface area (Å²) in [6.45, 7) is 5.19. The number of nitrogens with zero attached hydrogens (tertiary/aromatic N) is 1. The summed E-state index contributed by atoms with van der Waals surface area (Å²) in [6, 6.07) is 13.0. The van der Waals surface area contributed by atoms with Crippen LogP contribution in [0.3, 0.4) is 0 Å². The second kappa shape index (κ2) is 10.8. The van der Waals surface area contributed by atoms with Crippen molar-refractivity contribution in [2.24, 2.45) is 5.73 Å². The highest BCUT2D eigenvalue weighted by molar-refractivity contribution is 6.30. The summed E-state index contributed by atoms with van der Waals surface area (Å²) >= 11 is 12.0. The molecule has 0 spiro atoms. The van der Waals surface area contributed by atoms with Crippen LogP contribution in [0.1, 0.15) is 42.5 Å². The first-order valence-corrected chi connectivity index (χ1v) is 11.3. The Kier molecular flexibility index (Phi) is 8.10. The van der Waals surface area contributed by atoms with Gasteiger partial charge in [0.15, 0.2) is 0 Å². The van der Waals surface area contributed by atoms with Gasteiger partial charge in [-0.3, -0.25) is 4.90 Å². The standard InChI is InChI=1S/C24H28Cl2N2O3/c1-3-30-24(29)28-13-11-20(21-15-18(26)8-5-16(21)2)22(27)23(28)17-6-9-19(10-7-17)31-14-4-12-25/h5-10,15,23H,3-4,11-14,27H2,1-2H3. The molecule has 0 fully saturated rings. The van der Waals surface area contributed by atoms with Crippen molar-refractivity contribution in [3.8, 4) is 5.75 Å². The van der Waals surface area contributed by atoms with Gasteiger partial charge in [-0.1, -0.05) is 29.8 Å². The van der Waals surface area contributed by atoms with E-state index in [-0.39, 0.29) is 6.09 Å². The summed E-state index contributed by atoms with van der Waals surface area (Å²) in [5, 5.41) is 0.656. The Balaban J connectivity index is 1.99. The maximum Gasteiger partial charge on any atom is 0.410 e. The molecule has 1 amide bonds. The van der Waals surface area contributed by atoms with Gasteiger partial charge in [0.1, 0.15) is 11.8 Å². The quantitative estimate of drug-likeness (QED) is 0.408. The number of amides is 1. The second-order valence-electron chi connectivity index (χ2n) is 7.40. The molecule has 0 saturated carbocycles. The summed E-state index contributed by atoms with van der Waals surface area (Å²) in [5.41, 5.74) is 11.3. The maximum atomic E-state index is 12.7. The van der Waals surface area contributed by atoms with Crippen molar-refractivity contribution < 1.29 is 14.3 Å². The van der Waals surface area contributed by atoms with Crippen LogP contribution < -0.4 is 10.5 Å².